The average molecular weight is 352 g/mol. The summed E-state index contributed by atoms with van der Waals surface area (Å²) in [5, 5.41) is 0.900. The molecule has 0 fully saturated rings. The van der Waals surface area contributed by atoms with Crippen LogP contribution in [0.4, 0.5) is 0 Å². The Balaban J connectivity index is 2.14. The molecule has 24 heavy (non-hydrogen) atoms. The molecule has 0 atom stereocenters. The van der Waals surface area contributed by atoms with Crippen molar-refractivity contribution in [1.29, 1.82) is 0 Å². The topological polar surface area (TPSA) is 97.4 Å². The fourth-order valence-corrected chi connectivity index (χ4v) is 3.38. The van der Waals surface area contributed by atoms with Gasteiger partial charge >= 0.3 is 16.1 Å². The normalized spacial score (nSPS) is 15.3. The Bertz CT molecular complexity index is 993. The van der Waals surface area contributed by atoms with E-state index in [4.69, 9.17) is 23.1 Å². The summed E-state index contributed by atoms with van der Waals surface area (Å²) in [7, 11) is -2.40. The number of esters is 1. The van der Waals surface area contributed by atoms with Gasteiger partial charge in [-0.05, 0) is 12.1 Å². The van der Waals surface area contributed by atoms with Crippen molar-refractivity contribution in [3.8, 4) is 23.0 Å². The van der Waals surface area contributed by atoms with E-state index in [1.54, 1.807) is 12.1 Å². The van der Waals surface area contributed by atoms with Crippen LogP contribution in [0, 0.1) is 0 Å². The summed E-state index contributed by atoms with van der Waals surface area (Å²) in [6, 6.07) is 3.22. The summed E-state index contributed by atoms with van der Waals surface area (Å²) in [5.41, 5.74) is 0.483. The molecule has 0 radical (unpaired) electrons. The van der Waals surface area contributed by atoms with Gasteiger partial charge in [-0.25, -0.2) is 4.79 Å². The van der Waals surface area contributed by atoms with E-state index in [0.717, 1.165) is 6.26 Å². The minimum Gasteiger partial charge on any atom is -0.495 e. The van der Waals surface area contributed by atoms with Crippen LogP contribution >= 0.6 is 0 Å². The van der Waals surface area contributed by atoms with Crippen LogP contribution in [0.2, 0.25) is 0 Å². The number of rotatable bonds is 3. The smallest absolute Gasteiger partial charge is 0.342 e. The molecule has 9 heteroatoms. The molecule has 0 amide bonds. The molecule has 0 aliphatic carbocycles. The molecule has 2 heterocycles. The van der Waals surface area contributed by atoms with Crippen molar-refractivity contribution in [3.05, 3.63) is 23.3 Å². The number of methoxy groups -OCH3 is 1. The molecule has 2 aliphatic rings. The van der Waals surface area contributed by atoms with Gasteiger partial charge in [-0.15, -0.1) is 0 Å². The van der Waals surface area contributed by atoms with Gasteiger partial charge < -0.3 is 23.1 Å². The summed E-state index contributed by atoms with van der Waals surface area (Å²) in [6.07, 6.45) is 0.931. The molecule has 2 aromatic rings. The lowest BCUT2D eigenvalue weighted by molar-refractivity contribution is 0.0532. The molecule has 0 spiro atoms. The van der Waals surface area contributed by atoms with Crippen LogP contribution in [0.5, 0.6) is 23.0 Å². The zero-order valence-electron chi connectivity index (χ0n) is 12.7. The van der Waals surface area contributed by atoms with Crippen molar-refractivity contribution in [2.75, 3.05) is 20.2 Å². The van der Waals surface area contributed by atoms with E-state index >= 15 is 0 Å². The zero-order valence-corrected chi connectivity index (χ0v) is 13.6. The summed E-state index contributed by atoms with van der Waals surface area (Å²) < 4.78 is 49.6. The highest BCUT2D eigenvalue weighted by Crippen LogP contribution is 2.48. The minimum atomic E-state index is -3.82. The van der Waals surface area contributed by atoms with E-state index in [9.17, 15) is 13.2 Å². The van der Waals surface area contributed by atoms with Crippen LogP contribution in [-0.2, 0) is 21.5 Å². The first-order valence-corrected chi connectivity index (χ1v) is 8.73. The Labute approximate surface area is 136 Å². The van der Waals surface area contributed by atoms with E-state index in [1.165, 1.54) is 7.11 Å². The molecule has 0 saturated heterocycles. The molecule has 2 aliphatic heterocycles. The van der Waals surface area contributed by atoms with Gasteiger partial charge in [0.1, 0.15) is 17.9 Å². The van der Waals surface area contributed by atoms with Gasteiger partial charge in [-0.3, -0.25) is 0 Å². The molecule has 0 N–H and O–H groups in total. The number of fused-ring (bicyclic) bond motifs is 3. The first kappa shape index (κ1) is 14.9. The fourth-order valence-electron chi connectivity index (χ4n) is 2.89. The Kier molecular flexibility index (Phi) is 3.04. The van der Waals surface area contributed by atoms with Crippen LogP contribution in [0.15, 0.2) is 12.1 Å². The third-order valence-corrected chi connectivity index (χ3v) is 4.26. The van der Waals surface area contributed by atoms with Crippen molar-refractivity contribution >= 4 is 26.9 Å². The summed E-state index contributed by atoms with van der Waals surface area (Å²) in [5.74, 6) is 0.638. The SMILES string of the molecule is COc1c2c(c(OS(C)(=O)=O)c3cc4c(cc13)OCO4)COC2=O. The summed E-state index contributed by atoms with van der Waals surface area (Å²) in [4.78, 5) is 12.1. The van der Waals surface area contributed by atoms with Crippen molar-refractivity contribution in [2.45, 2.75) is 6.61 Å². The number of carbonyl (C=O) groups is 1. The van der Waals surface area contributed by atoms with E-state index in [2.05, 4.69) is 0 Å². The molecule has 0 saturated carbocycles. The highest BCUT2D eigenvalue weighted by Gasteiger charge is 2.34. The number of carbonyl (C=O) groups excluding carboxylic acids is 1. The third kappa shape index (κ3) is 2.12. The lowest BCUT2D eigenvalue weighted by Crippen LogP contribution is -2.09. The number of ether oxygens (including phenoxy) is 4. The molecule has 4 rings (SSSR count). The van der Waals surface area contributed by atoms with E-state index in [0.29, 0.717) is 27.8 Å². The predicted octanol–water partition coefficient (Wildman–Crippen LogP) is 1.59. The van der Waals surface area contributed by atoms with Gasteiger partial charge in [0.25, 0.3) is 0 Å². The van der Waals surface area contributed by atoms with E-state index < -0.39 is 16.1 Å². The standard InChI is InChI=1S/C15H12O8S/c1-19-14-8-4-11-10(21-6-22-11)3-7(8)13(23-24(2,17)18)9-5-20-15(16)12(9)14/h3-4H,5-6H2,1-2H3. The maximum absolute atomic E-state index is 12.1. The second kappa shape index (κ2) is 4.91. The third-order valence-electron chi connectivity index (χ3n) is 3.80. The Morgan fingerprint density at radius 3 is 2.25 bits per heavy atom. The van der Waals surface area contributed by atoms with Crippen LogP contribution in [0.1, 0.15) is 15.9 Å². The summed E-state index contributed by atoms with van der Waals surface area (Å²) in [6.45, 7) is -0.0439. The lowest BCUT2D eigenvalue weighted by atomic mass is 9.98. The number of hydrogen-bond donors (Lipinski definition) is 0. The van der Waals surface area contributed by atoms with Crippen LogP contribution in [0.3, 0.4) is 0 Å². The van der Waals surface area contributed by atoms with Crippen molar-refractivity contribution in [3.63, 3.8) is 0 Å². The van der Waals surface area contributed by atoms with Gasteiger partial charge in [-0.2, -0.15) is 8.42 Å². The monoisotopic (exact) mass is 352 g/mol. The molecule has 0 aromatic heterocycles. The number of benzene rings is 2. The van der Waals surface area contributed by atoms with Crippen LogP contribution in [0.25, 0.3) is 10.8 Å². The van der Waals surface area contributed by atoms with Gasteiger partial charge in [0.05, 0.1) is 18.9 Å². The van der Waals surface area contributed by atoms with Gasteiger partial charge in [-0.1, -0.05) is 0 Å². The predicted molar refractivity (Wildman–Crippen MR) is 81.2 cm³/mol. The van der Waals surface area contributed by atoms with Gasteiger partial charge in [0.15, 0.2) is 17.2 Å². The number of hydrogen-bond acceptors (Lipinski definition) is 8. The maximum Gasteiger partial charge on any atom is 0.342 e. The highest BCUT2D eigenvalue weighted by molar-refractivity contribution is 7.86. The highest BCUT2D eigenvalue weighted by atomic mass is 32.2. The Morgan fingerprint density at radius 1 is 1.04 bits per heavy atom. The maximum atomic E-state index is 12.1. The Morgan fingerprint density at radius 2 is 1.67 bits per heavy atom. The van der Waals surface area contributed by atoms with Crippen molar-refractivity contribution in [2.24, 2.45) is 0 Å². The first-order valence-electron chi connectivity index (χ1n) is 6.92. The lowest BCUT2D eigenvalue weighted by Gasteiger charge is -2.15. The minimum absolute atomic E-state index is 0.0347. The van der Waals surface area contributed by atoms with Crippen LogP contribution in [-0.4, -0.2) is 34.5 Å². The quantitative estimate of drug-likeness (QED) is 0.607. The van der Waals surface area contributed by atoms with E-state index in [-0.39, 0.29) is 30.5 Å². The first-order chi connectivity index (χ1) is 11.4. The average Bonchev–Trinajstić information content (AvgIpc) is 3.11. The van der Waals surface area contributed by atoms with Gasteiger partial charge in [0, 0.05) is 10.8 Å². The summed E-state index contributed by atoms with van der Waals surface area (Å²) >= 11 is 0. The van der Waals surface area contributed by atoms with Gasteiger partial charge in [0.2, 0.25) is 6.79 Å². The van der Waals surface area contributed by atoms with E-state index in [1.807, 2.05) is 0 Å². The molecular weight excluding hydrogens is 340 g/mol. The second-order valence-corrected chi connectivity index (χ2v) is 6.91. The number of cyclic esters (lactones) is 1. The molecule has 0 unspecified atom stereocenters. The molecule has 0 bridgehead atoms. The molecule has 8 nitrogen and oxygen atoms in total. The Hall–Kier alpha value is -2.68. The van der Waals surface area contributed by atoms with Crippen molar-refractivity contribution in [1.82, 2.24) is 0 Å². The molecular formula is C15H12O8S. The molecule has 2 aromatic carbocycles. The fraction of sp³-hybridized carbons (Fsp3) is 0.267. The van der Waals surface area contributed by atoms with Crippen LogP contribution < -0.4 is 18.4 Å². The second-order valence-electron chi connectivity index (χ2n) is 5.33. The molecule has 126 valence electrons. The largest absolute Gasteiger partial charge is 0.495 e. The zero-order chi connectivity index (χ0) is 17.1. The van der Waals surface area contributed by atoms with Crippen molar-refractivity contribution < 1.29 is 36.3 Å².